The van der Waals surface area contributed by atoms with Gasteiger partial charge in [-0.25, -0.2) is 4.99 Å². The predicted molar refractivity (Wildman–Crippen MR) is 78.2 cm³/mol. The van der Waals surface area contributed by atoms with Crippen LogP contribution in [0.3, 0.4) is 0 Å². The number of rotatable bonds is 3. The van der Waals surface area contributed by atoms with Crippen molar-refractivity contribution < 1.29 is 14.6 Å². The molecule has 2 aliphatic rings. The third-order valence-electron chi connectivity index (χ3n) is 3.29. The molecule has 0 bridgehead atoms. The first-order chi connectivity index (χ1) is 9.66. The molecule has 2 amide bonds. The van der Waals surface area contributed by atoms with E-state index in [9.17, 15) is 9.59 Å². The minimum Gasteiger partial charge on any atom is -0.301 e. The summed E-state index contributed by atoms with van der Waals surface area (Å²) in [6, 6.07) is 9.47. The van der Waals surface area contributed by atoms with Crippen molar-refractivity contribution in [2.75, 3.05) is 4.90 Å². The highest BCUT2D eigenvalue weighted by Gasteiger charge is 2.40. The van der Waals surface area contributed by atoms with Gasteiger partial charge in [0.15, 0.2) is 23.3 Å². The van der Waals surface area contributed by atoms with E-state index < -0.39 is 5.92 Å². The van der Waals surface area contributed by atoms with Crippen molar-refractivity contribution >= 4 is 41.0 Å². The average Bonchev–Trinajstić information content (AvgIpc) is 3.23. The number of anilines is 1. The minimum atomic E-state index is -0.845. The van der Waals surface area contributed by atoms with Crippen molar-refractivity contribution in [2.45, 2.75) is 18.9 Å². The molecule has 2 fully saturated rings. The van der Waals surface area contributed by atoms with Crippen LogP contribution in [0.15, 0.2) is 30.3 Å². The molecule has 102 valence electrons. The maximum Gasteiger partial charge on any atom is 0.256 e. The largest absolute Gasteiger partial charge is 0.301 e. The van der Waals surface area contributed by atoms with Gasteiger partial charge >= 0.3 is 0 Å². The van der Waals surface area contributed by atoms with Crippen LogP contribution >= 0.6 is 12.2 Å². The van der Waals surface area contributed by atoms with Gasteiger partial charge < -0.3 is 5.32 Å². The Balaban J connectivity index is 1.88. The molecule has 1 heterocycles. The van der Waals surface area contributed by atoms with Gasteiger partial charge in [-0.3, -0.25) is 14.5 Å². The summed E-state index contributed by atoms with van der Waals surface area (Å²) in [6.07, 6.45) is 3.74. The molecule has 1 aliphatic carbocycles. The molecule has 1 aromatic rings. The SMILES string of the molecule is O=C1NC(=S)N(c2ccccc2)C(=O)C1C=[NH+]C1CC1. The summed E-state index contributed by atoms with van der Waals surface area (Å²) in [5, 5.41) is 2.71. The molecule has 1 saturated carbocycles. The second-order valence-electron chi connectivity index (χ2n) is 4.89. The topological polar surface area (TPSA) is 63.4 Å². The van der Waals surface area contributed by atoms with Crippen molar-refractivity contribution in [1.82, 2.24) is 5.32 Å². The van der Waals surface area contributed by atoms with Gasteiger partial charge in [0.25, 0.3) is 5.91 Å². The van der Waals surface area contributed by atoms with Crippen molar-refractivity contribution in [3.05, 3.63) is 30.3 Å². The Kier molecular flexibility index (Phi) is 3.31. The Labute approximate surface area is 121 Å². The third kappa shape index (κ3) is 2.46. The Hall–Kier alpha value is -2.08. The van der Waals surface area contributed by atoms with Gasteiger partial charge in [-0.1, -0.05) is 18.2 Å². The molecule has 1 aliphatic heterocycles. The van der Waals surface area contributed by atoms with Gasteiger partial charge in [0.2, 0.25) is 5.91 Å². The van der Waals surface area contributed by atoms with Gasteiger partial charge in [0.05, 0.1) is 5.69 Å². The number of hydrogen-bond donors (Lipinski definition) is 2. The number of thiocarbonyl (C=S) groups is 1. The zero-order valence-electron chi connectivity index (χ0n) is 10.7. The van der Waals surface area contributed by atoms with E-state index in [-0.39, 0.29) is 16.9 Å². The average molecular weight is 288 g/mol. The molecule has 1 unspecified atom stereocenters. The Morgan fingerprint density at radius 1 is 1.25 bits per heavy atom. The molecule has 2 N–H and O–H groups in total. The van der Waals surface area contributed by atoms with Crippen molar-refractivity contribution in [3.8, 4) is 0 Å². The van der Waals surface area contributed by atoms with E-state index in [0.717, 1.165) is 12.8 Å². The van der Waals surface area contributed by atoms with Crippen molar-refractivity contribution in [2.24, 2.45) is 5.92 Å². The van der Waals surface area contributed by atoms with Crippen LogP contribution in [0.5, 0.6) is 0 Å². The number of nitrogens with one attached hydrogen (secondary N) is 2. The number of benzene rings is 1. The summed E-state index contributed by atoms with van der Waals surface area (Å²) in [5.74, 6) is -1.54. The normalized spacial score (nSPS) is 23.3. The zero-order chi connectivity index (χ0) is 14.1. The van der Waals surface area contributed by atoms with E-state index in [1.165, 1.54) is 4.90 Å². The summed E-state index contributed by atoms with van der Waals surface area (Å²) in [7, 11) is 0. The van der Waals surface area contributed by atoms with Crippen LogP contribution in [0.4, 0.5) is 5.69 Å². The molecule has 0 radical (unpaired) electrons. The number of amides is 2. The van der Waals surface area contributed by atoms with Crippen LogP contribution in [-0.2, 0) is 9.59 Å². The standard InChI is InChI=1S/C14H13N3O2S/c18-12-11(8-15-9-6-7-9)13(19)17(14(20)16-12)10-4-2-1-3-5-10/h1-5,8-9,11H,6-7H2,(H,16,18,20)/p+1. The first kappa shape index (κ1) is 12.9. The number of carbonyl (C=O) groups is 2. The van der Waals surface area contributed by atoms with Crippen LogP contribution < -0.4 is 15.2 Å². The maximum atomic E-state index is 12.5. The van der Waals surface area contributed by atoms with Gasteiger partial charge in [0.1, 0.15) is 0 Å². The molecule has 20 heavy (non-hydrogen) atoms. The van der Waals surface area contributed by atoms with Crippen LogP contribution in [0.1, 0.15) is 12.8 Å². The van der Waals surface area contributed by atoms with E-state index in [4.69, 9.17) is 12.2 Å². The van der Waals surface area contributed by atoms with Crippen LogP contribution in [0.25, 0.3) is 0 Å². The molecule has 0 spiro atoms. The number of para-hydroxylation sites is 1. The van der Waals surface area contributed by atoms with Crippen LogP contribution in [0.2, 0.25) is 0 Å². The third-order valence-corrected chi connectivity index (χ3v) is 3.58. The van der Waals surface area contributed by atoms with Crippen molar-refractivity contribution in [1.29, 1.82) is 0 Å². The monoisotopic (exact) mass is 288 g/mol. The Bertz CT molecular complexity index is 596. The lowest BCUT2D eigenvalue weighted by Crippen LogP contribution is -2.74. The molecular formula is C14H14N3O2S+. The fourth-order valence-corrected chi connectivity index (χ4v) is 2.34. The summed E-state index contributed by atoms with van der Waals surface area (Å²) in [4.78, 5) is 28.9. The van der Waals surface area contributed by atoms with Gasteiger partial charge in [0, 0.05) is 12.8 Å². The fourth-order valence-electron chi connectivity index (χ4n) is 2.04. The second kappa shape index (κ2) is 5.13. The lowest BCUT2D eigenvalue weighted by molar-refractivity contribution is -0.469. The lowest BCUT2D eigenvalue weighted by Gasteiger charge is -2.29. The quantitative estimate of drug-likeness (QED) is 0.442. The van der Waals surface area contributed by atoms with Gasteiger partial charge in [-0.15, -0.1) is 0 Å². The lowest BCUT2D eigenvalue weighted by atomic mass is 10.1. The fraction of sp³-hybridized carbons (Fsp3) is 0.286. The number of carbonyl (C=O) groups excluding carboxylic acids is 2. The van der Waals surface area contributed by atoms with E-state index in [1.807, 2.05) is 18.2 Å². The minimum absolute atomic E-state index is 0.127. The predicted octanol–water partition coefficient (Wildman–Crippen LogP) is -0.636. The highest BCUT2D eigenvalue weighted by Crippen LogP contribution is 2.19. The van der Waals surface area contributed by atoms with E-state index in [2.05, 4.69) is 10.3 Å². The zero-order valence-corrected chi connectivity index (χ0v) is 11.5. The second-order valence-corrected chi connectivity index (χ2v) is 5.28. The first-order valence-corrected chi connectivity index (χ1v) is 6.91. The maximum absolute atomic E-state index is 12.5. The summed E-state index contributed by atoms with van der Waals surface area (Å²) in [5.41, 5.74) is 0.660. The number of hydrogen-bond acceptors (Lipinski definition) is 3. The molecule has 6 heteroatoms. The Morgan fingerprint density at radius 2 is 1.95 bits per heavy atom. The smallest absolute Gasteiger partial charge is 0.256 e. The number of nitrogens with zero attached hydrogens (tertiary/aromatic N) is 1. The van der Waals surface area contributed by atoms with E-state index in [1.54, 1.807) is 18.3 Å². The molecule has 1 saturated heterocycles. The van der Waals surface area contributed by atoms with Crippen molar-refractivity contribution in [3.63, 3.8) is 0 Å². The molecular weight excluding hydrogens is 274 g/mol. The van der Waals surface area contributed by atoms with Gasteiger partial charge in [-0.05, 0) is 24.4 Å². The summed E-state index contributed by atoms with van der Waals surface area (Å²) in [6.45, 7) is 0. The molecule has 1 aromatic carbocycles. The molecule has 3 rings (SSSR count). The summed E-state index contributed by atoms with van der Waals surface area (Å²) < 4.78 is 0. The molecule has 1 atom stereocenters. The highest BCUT2D eigenvalue weighted by atomic mass is 32.1. The first-order valence-electron chi connectivity index (χ1n) is 6.50. The molecule has 0 aromatic heterocycles. The Morgan fingerprint density at radius 3 is 2.60 bits per heavy atom. The highest BCUT2D eigenvalue weighted by molar-refractivity contribution is 7.80. The van der Waals surface area contributed by atoms with Crippen LogP contribution in [0, 0.1) is 5.92 Å². The van der Waals surface area contributed by atoms with E-state index >= 15 is 0 Å². The van der Waals surface area contributed by atoms with Gasteiger partial charge in [-0.2, -0.15) is 0 Å². The van der Waals surface area contributed by atoms with Crippen LogP contribution in [-0.4, -0.2) is 29.2 Å². The summed E-state index contributed by atoms with van der Waals surface area (Å²) >= 11 is 5.10. The molecule has 5 nitrogen and oxygen atoms in total. The van der Waals surface area contributed by atoms with E-state index in [0.29, 0.717) is 11.7 Å².